The fraction of sp³-hybridized carbons (Fsp3) is 0.136. The molecule has 4 rings (SSSR count). The maximum Gasteiger partial charge on any atom is 0.271 e. The predicted octanol–water partition coefficient (Wildman–Crippen LogP) is 4.38. The summed E-state index contributed by atoms with van der Waals surface area (Å²) in [6.07, 6.45) is 1.45. The van der Waals surface area contributed by atoms with Crippen molar-refractivity contribution in [2.24, 2.45) is 0 Å². The average Bonchev–Trinajstić information content (AvgIpc) is 3.12. The van der Waals surface area contributed by atoms with E-state index in [1.165, 1.54) is 22.2 Å². The molecule has 2 aromatic carbocycles. The van der Waals surface area contributed by atoms with E-state index in [1.54, 1.807) is 0 Å². The smallest absolute Gasteiger partial charge is 0.271 e. The Bertz CT molecular complexity index is 1230. The van der Waals surface area contributed by atoms with Gasteiger partial charge in [0.25, 0.3) is 5.56 Å². The van der Waals surface area contributed by atoms with Gasteiger partial charge in [-0.1, -0.05) is 48.0 Å². The summed E-state index contributed by atoms with van der Waals surface area (Å²) in [5.41, 5.74) is 5.30. The van der Waals surface area contributed by atoms with Crippen LogP contribution >= 0.6 is 11.3 Å². The van der Waals surface area contributed by atoms with Gasteiger partial charge in [0.15, 0.2) is 0 Å². The van der Waals surface area contributed by atoms with Crippen LogP contribution in [0, 0.1) is 13.8 Å². The van der Waals surface area contributed by atoms with Crippen LogP contribution < -0.4 is 10.9 Å². The molecular formula is C22H19N3O2S. The van der Waals surface area contributed by atoms with Crippen molar-refractivity contribution in [1.82, 2.24) is 9.55 Å². The zero-order valence-electron chi connectivity index (χ0n) is 15.6. The lowest BCUT2D eigenvalue weighted by Crippen LogP contribution is -2.27. The number of benzene rings is 2. The molecule has 0 aliphatic rings. The van der Waals surface area contributed by atoms with Gasteiger partial charge in [0.05, 0.1) is 11.8 Å². The molecule has 0 saturated heterocycles. The van der Waals surface area contributed by atoms with Crippen LogP contribution in [0.5, 0.6) is 0 Å². The van der Waals surface area contributed by atoms with E-state index in [9.17, 15) is 9.59 Å². The van der Waals surface area contributed by atoms with Crippen molar-refractivity contribution in [3.63, 3.8) is 0 Å². The Balaban J connectivity index is 1.60. The molecule has 4 aromatic rings. The first-order valence-electron chi connectivity index (χ1n) is 8.92. The highest BCUT2D eigenvalue weighted by molar-refractivity contribution is 7.17. The van der Waals surface area contributed by atoms with Gasteiger partial charge in [-0.15, -0.1) is 11.3 Å². The number of rotatable bonds is 4. The molecule has 28 heavy (non-hydrogen) atoms. The molecule has 0 spiro atoms. The van der Waals surface area contributed by atoms with Crippen LogP contribution in [0.4, 0.5) is 5.69 Å². The Kier molecular flexibility index (Phi) is 4.79. The van der Waals surface area contributed by atoms with E-state index in [-0.39, 0.29) is 18.0 Å². The zero-order valence-corrected chi connectivity index (χ0v) is 16.4. The molecule has 1 N–H and O–H groups in total. The lowest BCUT2D eigenvalue weighted by molar-refractivity contribution is -0.116. The topological polar surface area (TPSA) is 64.0 Å². The van der Waals surface area contributed by atoms with E-state index in [0.717, 1.165) is 27.9 Å². The summed E-state index contributed by atoms with van der Waals surface area (Å²) in [6, 6.07) is 15.7. The second-order valence-corrected chi connectivity index (χ2v) is 7.62. The first-order chi connectivity index (χ1) is 13.5. The number of hydrogen-bond donors (Lipinski definition) is 1. The molecule has 2 aromatic heterocycles. The fourth-order valence-corrected chi connectivity index (χ4v) is 4.15. The molecular weight excluding hydrogens is 370 g/mol. The fourth-order valence-electron chi connectivity index (χ4n) is 3.18. The minimum atomic E-state index is -0.255. The number of nitrogens with zero attached hydrogens (tertiary/aromatic N) is 2. The van der Waals surface area contributed by atoms with Crippen molar-refractivity contribution in [3.05, 3.63) is 81.7 Å². The average molecular weight is 389 g/mol. The van der Waals surface area contributed by atoms with E-state index in [2.05, 4.69) is 10.3 Å². The summed E-state index contributed by atoms with van der Waals surface area (Å²) < 4.78 is 1.91. The molecule has 6 heteroatoms. The maximum atomic E-state index is 12.8. The third-order valence-corrected chi connectivity index (χ3v) is 5.56. The molecule has 5 nitrogen and oxygen atoms in total. The number of fused-ring (bicyclic) bond motifs is 1. The van der Waals surface area contributed by atoms with E-state index in [0.29, 0.717) is 10.2 Å². The lowest BCUT2D eigenvalue weighted by Gasteiger charge is -2.10. The number of aromatic nitrogens is 2. The van der Waals surface area contributed by atoms with Crippen LogP contribution in [0.1, 0.15) is 11.1 Å². The number of amides is 1. The summed E-state index contributed by atoms with van der Waals surface area (Å²) in [5.74, 6) is -0.255. The number of carbonyl (C=O) groups is 1. The van der Waals surface area contributed by atoms with E-state index in [1.807, 2.05) is 67.8 Å². The Morgan fingerprint density at radius 3 is 2.68 bits per heavy atom. The molecule has 0 bridgehead atoms. The molecule has 0 unspecified atom stereocenters. The van der Waals surface area contributed by atoms with Crippen LogP contribution in [-0.2, 0) is 11.3 Å². The summed E-state index contributed by atoms with van der Waals surface area (Å²) in [5, 5.41) is 4.81. The van der Waals surface area contributed by atoms with Crippen molar-refractivity contribution in [1.29, 1.82) is 0 Å². The molecule has 0 radical (unpaired) electrons. The largest absolute Gasteiger partial charge is 0.324 e. The quantitative estimate of drug-likeness (QED) is 0.563. The standard InChI is InChI=1S/C22H19N3O2S/c1-14-8-9-18(15(2)10-14)24-19(26)11-25-13-23-20-17(12-28-21(20)22(25)27)16-6-4-3-5-7-16/h3-10,12-13H,11H2,1-2H3,(H,24,26). The number of aryl methyl sites for hydroxylation is 2. The minimum Gasteiger partial charge on any atom is -0.324 e. The van der Waals surface area contributed by atoms with Gasteiger partial charge in [-0.05, 0) is 31.0 Å². The molecule has 0 fully saturated rings. The summed E-state index contributed by atoms with van der Waals surface area (Å²) in [6.45, 7) is 3.87. The number of thiophene rings is 1. The summed E-state index contributed by atoms with van der Waals surface area (Å²) >= 11 is 1.36. The van der Waals surface area contributed by atoms with Crippen molar-refractivity contribution in [2.75, 3.05) is 5.32 Å². The summed E-state index contributed by atoms with van der Waals surface area (Å²) in [7, 11) is 0. The van der Waals surface area contributed by atoms with Crippen molar-refractivity contribution in [2.45, 2.75) is 20.4 Å². The van der Waals surface area contributed by atoms with E-state index in [4.69, 9.17) is 0 Å². The predicted molar refractivity (Wildman–Crippen MR) is 114 cm³/mol. The SMILES string of the molecule is Cc1ccc(NC(=O)Cn2cnc3c(-c4ccccc4)csc3c2=O)c(C)c1. The van der Waals surface area contributed by atoms with Gasteiger partial charge < -0.3 is 5.32 Å². The molecule has 0 aliphatic heterocycles. The lowest BCUT2D eigenvalue weighted by atomic mass is 10.1. The van der Waals surface area contributed by atoms with Gasteiger partial charge in [0.2, 0.25) is 5.91 Å². The number of anilines is 1. The van der Waals surface area contributed by atoms with Gasteiger partial charge >= 0.3 is 0 Å². The Hall–Kier alpha value is -3.25. The highest BCUT2D eigenvalue weighted by Gasteiger charge is 2.14. The van der Waals surface area contributed by atoms with Crippen molar-refractivity contribution in [3.8, 4) is 11.1 Å². The van der Waals surface area contributed by atoms with Crippen molar-refractivity contribution >= 4 is 33.1 Å². The Labute approximate surface area is 166 Å². The van der Waals surface area contributed by atoms with Crippen LogP contribution in [-0.4, -0.2) is 15.5 Å². The Morgan fingerprint density at radius 2 is 1.93 bits per heavy atom. The molecule has 0 atom stereocenters. The van der Waals surface area contributed by atoms with Crippen LogP contribution in [0.15, 0.2) is 65.0 Å². The molecule has 0 aliphatic carbocycles. The van der Waals surface area contributed by atoms with Crippen LogP contribution in [0.25, 0.3) is 21.3 Å². The van der Waals surface area contributed by atoms with Gasteiger partial charge in [0, 0.05) is 16.6 Å². The minimum absolute atomic E-state index is 0.0757. The first-order valence-corrected chi connectivity index (χ1v) is 9.80. The normalized spacial score (nSPS) is 10.9. The van der Waals surface area contributed by atoms with Crippen LogP contribution in [0.3, 0.4) is 0 Å². The number of nitrogens with one attached hydrogen (secondary N) is 1. The van der Waals surface area contributed by atoms with Crippen molar-refractivity contribution < 1.29 is 4.79 Å². The Morgan fingerprint density at radius 1 is 1.14 bits per heavy atom. The second-order valence-electron chi connectivity index (χ2n) is 6.74. The summed E-state index contributed by atoms with van der Waals surface area (Å²) in [4.78, 5) is 29.7. The van der Waals surface area contributed by atoms with Gasteiger partial charge in [-0.2, -0.15) is 0 Å². The molecule has 2 heterocycles. The second kappa shape index (κ2) is 7.40. The number of carbonyl (C=O) groups excluding carboxylic acids is 1. The highest BCUT2D eigenvalue weighted by atomic mass is 32.1. The monoisotopic (exact) mass is 389 g/mol. The van der Waals surface area contributed by atoms with Gasteiger partial charge in [0.1, 0.15) is 11.2 Å². The first kappa shape index (κ1) is 18.1. The molecule has 1 amide bonds. The zero-order chi connectivity index (χ0) is 19.7. The molecule has 0 saturated carbocycles. The van der Waals surface area contributed by atoms with Crippen LogP contribution in [0.2, 0.25) is 0 Å². The highest BCUT2D eigenvalue weighted by Crippen LogP contribution is 2.30. The van der Waals surface area contributed by atoms with E-state index >= 15 is 0 Å². The third-order valence-electron chi connectivity index (χ3n) is 4.60. The van der Waals surface area contributed by atoms with Gasteiger partial charge in [-0.25, -0.2) is 4.98 Å². The number of hydrogen-bond acceptors (Lipinski definition) is 4. The van der Waals surface area contributed by atoms with E-state index < -0.39 is 0 Å². The maximum absolute atomic E-state index is 12.8. The third kappa shape index (κ3) is 3.46. The molecule has 140 valence electrons. The van der Waals surface area contributed by atoms with Gasteiger partial charge in [-0.3, -0.25) is 14.2 Å².